The van der Waals surface area contributed by atoms with Crippen LogP contribution in [-0.2, 0) is 11.8 Å². The van der Waals surface area contributed by atoms with Gasteiger partial charge in [-0.3, -0.25) is 4.79 Å². The highest BCUT2D eigenvalue weighted by molar-refractivity contribution is 6.15. The van der Waals surface area contributed by atoms with Gasteiger partial charge in [-0.25, -0.2) is 0 Å². The van der Waals surface area contributed by atoms with Gasteiger partial charge in [0.2, 0.25) is 0 Å². The molecule has 152 valence electrons. The van der Waals surface area contributed by atoms with E-state index < -0.39 is 0 Å². The summed E-state index contributed by atoms with van der Waals surface area (Å²) in [6.45, 7) is 6.06. The molecule has 0 saturated carbocycles. The van der Waals surface area contributed by atoms with Gasteiger partial charge in [0.15, 0.2) is 5.78 Å². The van der Waals surface area contributed by atoms with Crippen LogP contribution in [0.3, 0.4) is 0 Å². The molecule has 0 bridgehead atoms. The summed E-state index contributed by atoms with van der Waals surface area (Å²) in [6, 6.07) is 6.35. The summed E-state index contributed by atoms with van der Waals surface area (Å²) in [5, 5.41) is 12.6. The van der Waals surface area contributed by atoms with Crippen molar-refractivity contribution in [2.45, 2.75) is 38.5 Å². The van der Waals surface area contributed by atoms with E-state index in [1.807, 2.05) is 18.2 Å². The van der Waals surface area contributed by atoms with Crippen molar-refractivity contribution in [2.75, 3.05) is 20.2 Å². The molecule has 0 spiro atoms. The number of nitrogens with one attached hydrogen (secondary N) is 2. The summed E-state index contributed by atoms with van der Waals surface area (Å²) < 4.78 is 5.76. The molecule has 2 heterocycles. The molecule has 5 rings (SSSR count). The van der Waals surface area contributed by atoms with Crippen LogP contribution in [0, 0.1) is 11.3 Å². The van der Waals surface area contributed by atoms with Crippen molar-refractivity contribution in [3.63, 3.8) is 0 Å². The average Bonchev–Trinajstić information content (AvgIpc) is 3.17. The second-order valence-corrected chi connectivity index (χ2v) is 8.78. The lowest BCUT2D eigenvalue weighted by atomic mass is 9.70. The number of benzene rings is 1. The van der Waals surface area contributed by atoms with Gasteiger partial charge in [0.1, 0.15) is 5.75 Å². The van der Waals surface area contributed by atoms with E-state index in [2.05, 4.69) is 36.3 Å². The average molecular weight is 399 g/mol. The number of aromatic amines is 1. The minimum atomic E-state index is -0.370. The molecule has 1 aromatic heterocycles. The van der Waals surface area contributed by atoms with E-state index in [9.17, 15) is 10.1 Å². The smallest absolute Gasteiger partial charge is 0.195 e. The topological polar surface area (TPSA) is 77.9 Å². The normalized spacial score (nSPS) is 19.1. The van der Waals surface area contributed by atoms with Gasteiger partial charge in [-0.1, -0.05) is 19.9 Å². The summed E-state index contributed by atoms with van der Waals surface area (Å²) in [6.07, 6.45) is 6.40. The van der Waals surface area contributed by atoms with Crippen molar-refractivity contribution < 1.29 is 9.53 Å². The number of H-pyrrole nitrogens is 1. The number of carbonyl (C=O) groups is 1. The number of hydrogen-bond donors (Lipinski definition) is 2. The summed E-state index contributed by atoms with van der Waals surface area (Å²) in [5.41, 5.74) is 8.07. The molecule has 1 aliphatic heterocycles. The number of allylic oxidation sites excluding steroid dienone is 1. The number of nitrogens with zero attached hydrogens (tertiary/aromatic N) is 1. The monoisotopic (exact) mass is 399 g/mol. The van der Waals surface area contributed by atoms with Crippen molar-refractivity contribution in [1.29, 1.82) is 5.26 Å². The lowest BCUT2D eigenvalue weighted by Crippen LogP contribution is -2.31. The molecule has 0 amide bonds. The van der Waals surface area contributed by atoms with Gasteiger partial charge in [-0.05, 0) is 60.7 Å². The van der Waals surface area contributed by atoms with E-state index in [-0.39, 0.29) is 11.2 Å². The second kappa shape index (κ2) is 6.72. The molecule has 5 nitrogen and oxygen atoms in total. The van der Waals surface area contributed by atoms with Gasteiger partial charge in [0.05, 0.1) is 13.2 Å². The van der Waals surface area contributed by atoms with E-state index in [0.29, 0.717) is 6.42 Å². The van der Waals surface area contributed by atoms with Crippen LogP contribution in [-0.4, -0.2) is 31.0 Å². The van der Waals surface area contributed by atoms with Crippen LogP contribution in [0.1, 0.15) is 70.7 Å². The van der Waals surface area contributed by atoms with E-state index in [0.717, 1.165) is 76.5 Å². The van der Waals surface area contributed by atoms with E-state index >= 15 is 0 Å². The Kier molecular flexibility index (Phi) is 4.23. The standard InChI is InChI=1S/C25H25N3O2/c1-25(2)19-12-21(30-3)17(15-6-8-27-9-7-15)11-18(19)23(29)22-16-5-4-14(13-26)10-20(16)28-24(22)25/h6,10-12,27-28H,4-5,7-9H2,1-3H3. The predicted molar refractivity (Wildman–Crippen MR) is 117 cm³/mol. The first-order valence-electron chi connectivity index (χ1n) is 10.5. The number of nitriles is 1. The van der Waals surface area contributed by atoms with Gasteiger partial charge >= 0.3 is 0 Å². The largest absolute Gasteiger partial charge is 0.496 e. The number of carbonyl (C=O) groups excluding carboxylic acids is 1. The van der Waals surface area contributed by atoms with Crippen LogP contribution < -0.4 is 10.1 Å². The Hall–Kier alpha value is -3.10. The number of methoxy groups -OCH3 is 1. The Morgan fingerprint density at radius 2 is 2.00 bits per heavy atom. The first-order chi connectivity index (χ1) is 14.5. The van der Waals surface area contributed by atoms with Gasteiger partial charge < -0.3 is 15.0 Å². The number of hydrogen-bond acceptors (Lipinski definition) is 4. The van der Waals surface area contributed by atoms with Gasteiger partial charge in [0.25, 0.3) is 0 Å². The molecule has 0 radical (unpaired) electrons. The van der Waals surface area contributed by atoms with Crippen molar-refractivity contribution in [1.82, 2.24) is 10.3 Å². The van der Waals surface area contributed by atoms with Gasteiger partial charge in [-0.2, -0.15) is 5.26 Å². The molecule has 5 heteroatoms. The highest BCUT2D eigenvalue weighted by atomic mass is 16.5. The summed E-state index contributed by atoms with van der Waals surface area (Å²) in [5.74, 6) is 0.887. The fourth-order valence-corrected chi connectivity index (χ4v) is 5.10. The highest BCUT2D eigenvalue weighted by Gasteiger charge is 2.42. The number of aromatic nitrogens is 1. The quantitative estimate of drug-likeness (QED) is 0.796. The van der Waals surface area contributed by atoms with Crippen molar-refractivity contribution in [3.05, 3.63) is 63.0 Å². The van der Waals surface area contributed by atoms with Gasteiger partial charge in [0, 0.05) is 45.6 Å². The Labute approximate surface area is 176 Å². The molecule has 1 aromatic carbocycles. The lowest BCUT2D eigenvalue weighted by Gasteiger charge is -2.33. The van der Waals surface area contributed by atoms with Crippen molar-refractivity contribution in [2.24, 2.45) is 0 Å². The maximum absolute atomic E-state index is 13.7. The molecule has 3 aliphatic rings. The SMILES string of the molecule is COc1cc2c(cc1C1=CCNCC1)C(=O)c1c([nH]c3c1CCC(C#N)=C3)C2(C)C. The third-order valence-electron chi connectivity index (χ3n) is 6.76. The van der Waals surface area contributed by atoms with E-state index in [1.54, 1.807) is 7.11 Å². The molecule has 0 unspecified atom stereocenters. The minimum absolute atomic E-state index is 0.0732. The summed E-state index contributed by atoms with van der Waals surface area (Å²) >= 11 is 0. The number of rotatable bonds is 2. The Balaban J connectivity index is 1.73. The Morgan fingerprint density at radius 1 is 1.17 bits per heavy atom. The van der Waals surface area contributed by atoms with Crippen LogP contribution in [0.25, 0.3) is 11.6 Å². The minimum Gasteiger partial charge on any atom is -0.496 e. The fraction of sp³-hybridized carbons (Fsp3) is 0.360. The van der Waals surface area contributed by atoms with E-state index in [4.69, 9.17) is 4.74 Å². The number of ether oxygens (including phenoxy) is 1. The zero-order valence-electron chi connectivity index (χ0n) is 17.6. The third-order valence-corrected chi connectivity index (χ3v) is 6.76. The second-order valence-electron chi connectivity index (χ2n) is 8.78. The Morgan fingerprint density at radius 3 is 2.70 bits per heavy atom. The van der Waals surface area contributed by atoms with Crippen LogP contribution in [0.5, 0.6) is 5.75 Å². The number of ketones is 1. The van der Waals surface area contributed by atoms with E-state index in [1.165, 1.54) is 5.57 Å². The lowest BCUT2D eigenvalue weighted by molar-refractivity contribution is 0.103. The predicted octanol–water partition coefficient (Wildman–Crippen LogP) is 4.12. The highest BCUT2D eigenvalue weighted by Crippen LogP contribution is 2.47. The molecular weight excluding hydrogens is 374 g/mol. The first-order valence-corrected chi connectivity index (χ1v) is 10.5. The molecule has 0 fully saturated rings. The molecule has 2 aromatic rings. The third kappa shape index (κ3) is 2.60. The van der Waals surface area contributed by atoms with Crippen LogP contribution in [0.15, 0.2) is 23.8 Å². The van der Waals surface area contributed by atoms with Crippen molar-refractivity contribution in [3.8, 4) is 11.8 Å². The molecular formula is C25H25N3O2. The first kappa shape index (κ1) is 18.9. The van der Waals surface area contributed by atoms with Gasteiger partial charge in [-0.15, -0.1) is 0 Å². The van der Waals surface area contributed by atoms with Crippen LogP contribution in [0.4, 0.5) is 0 Å². The van der Waals surface area contributed by atoms with Crippen LogP contribution in [0.2, 0.25) is 0 Å². The maximum atomic E-state index is 13.7. The number of fused-ring (bicyclic) bond motifs is 4. The molecule has 0 saturated heterocycles. The van der Waals surface area contributed by atoms with Crippen LogP contribution >= 0.6 is 0 Å². The molecule has 2 aliphatic carbocycles. The fourth-order valence-electron chi connectivity index (χ4n) is 5.10. The zero-order valence-corrected chi connectivity index (χ0v) is 17.6. The molecule has 2 N–H and O–H groups in total. The summed E-state index contributed by atoms with van der Waals surface area (Å²) in [7, 11) is 1.69. The Bertz CT molecular complexity index is 1190. The van der Waals surface area contributed by atoms with Crippen molar-refractivity contribution >= 4 is 17.4 Å². The zero-order chi connectivity index (χ0) is 21.0. The summed E-state index contributed by atoms with van der Waals surface area (Å²) in [4.78, 5) is 17.2. The maximum Gasteiger partial charge on any atom is 0.195 e. The molecule has 0 atom stereocenters. The molecule has 30 heavy (non-hydrogen) atoms.